The Labute approximate surface area is 114 Å². The molecule has 0 amide bonds. The van der Waals surface area contributed by atoms with Gasteiger partial charge < -0.3 is 4.57 Å². The van der Waals surface area contributed by atoms with Gasteiger partial charge in [-0.3, -0.25) is 9.88 Å². The molecule has 3 heterocycles. The van der Waals surface area contributed by atoms with Gasteiger partial charge in [-0.2, -0.15) is 0 Å². The van der Waals surface area contributed by atoms with E-state index in [4.69, 9.17) is 0 Å². The van der Waals surface area contributed by atoms with Crippen molar-refractivity contribution < 1.29 is 0 Å². The van der Waals surface area contributed by atoms with Crippen molar-refractivity contribution in [1.82, 2.24) is 19.4 Å². The second-order valence-corrected chi connectivity index (χ2v) is 5.36. The average Bonchev–Trinajstić information content (AvgIpc) is 2.93. The minimum Gasteiger partial charge on any atom is -0.337 e. The molecular weight excluding hydrogens is 236 g/mol. The van der Waals surface area contributed by atoms with E-state index in [1.807, 2.05) is 31.0 Å². The fourth-order valence-electron chi connectivity index (χ4n) is 2.89. The molecule has 2 aromatic heterocycles. The SMILES string of the molecule is c1cncc(CN2CCCC(Cn3ccnc3)C2)c1. The van der Waals surface area contributed by atoms with Crippen LogP contribution >= 0.6 is 0 Å². The summed E-state index contributed by atoms with van der Waals surface area (Å²) in [6.07, 6.45) is 12.2. The number of rotatable bonds is 4. The summed E-state index contributed by atoms with van der Waals surface area (Å²) in [6, 6.07) is 4.18. The quantitative estimate of drug-likeness (QED) is 0.841. The first kappa shape index (κ1) is 12.4. The van der Waals surface area contributed by atoms with Gasteiger partial charge in [0.2, 0.25) is 0 Å². The molecule has 0 bridgehead atoms. The first-order chi connectivity index (χ1) is 9.40. The summed E-state index contributed by atoms with van der Waals surface area (Å²) < 4.78 is 2.19. The largest absolute Gasteiger partial charge is 0.337 e. The van der Waals surface area contributed by atoms with Crippen LogP contribution in [0.2, 0.25) is 0 Å². The molecule has 1 fully saturated rings. The third-order valence-corrected chi connectivity index (χ3v) is 3.76. The highest BCUT2D eigenvalue weighted by Crippen LogP contribution is 2.19. The van der Waals surface area contributed by atoms with E-state index in [1.165, 1.54) is 31.5 Å². The van der Waals surface area contributed by atoms with Gasteiger partial charge in [-0.15, -0.1) is 0 Å². The third-order valence-electron chi connectivity index (χ3n) is 3.76. The lowest BCUT2D eigenvalue weighted by Gasteiger charge is -2.32. The predicted molar refractivity (Wildman–Crippen MR) is 74.5 cm³/mol. The maximum Gasteiger partial charge on any atom is 0.0946 e. The van der Waals surface area contributed by atoms with Crippen LogP contribution in [0.25, 0.3) is 0 Å². The van der Waals surface area contributed by atoms with Gasteiger partial charge in [-0.25, -0.2) is 4.98 Å². The highest BCUT2D eigenvalue weighted by atomic mass is 15.1. The van der Waals surface area contributed by atoms with Crippen molar-refractivity contribution in [2.45, 2.75) is 25.9 Å². The van der Waals surface area contributed by atoms with E-state index in [-0.39, 0.29) is 0 Å². The number of nitrogens with zero attached hydrogens (tertiary/aromatic N) is 4. The van der Waals surface area contributed by atoms with Crippen molar-refractivity contribution >= 4 is 0 Å². The Morgan fingerprint density at radius 3 is 3.05 bits per heavy atom. The molecule has 100 valence electrons. The maximum absolute atomic E-state index is 4.19. The minimum absolute atomic E-state index is 0.736. The second-order valence-electron chi connectivity index (χ2n) is 5.36. The molecule has 0 spiro atoms. The smallest absolute Gasteiger partial charge is 0.0946 e. The van der Waals surface area contributed by atoms with Crippen LogP contribution in [0.3, 0.4) is 0 Å². The van der Waals surface area contributed by atoms with Crippen LogP contribution < -0.4 is 0 Å². The van der Waals surface area contributed by atoms with E-state index < -0.39 is 0 Å². The van der Waals surface area contributed by atoms with E-state index in [2.05, 4.69) is 31.7 Å². The van der Waals surface area contributed by atoms with Crippen LogP contribution in [0, 0.1) is 5.92 Å². The molecule has 0 N–H and O–H groups in total. The summed E-state index contributed by atoms with van der Waals surface area (Å²) in [4.78, 5) is 10.9. The number of likely N-dealkylation sites (tertiary alicyclic amines) is 1. The fourth-order valence-corrected chi connectivity index (χ4v) is 2.89. The predicted octanol–water partition coefficient (Wildman–Crippen LogP) is 2.19. The zero-order valence-corrected chi connectivity index (χ0v) is 11.2. The topological polar surface area (TPSA) is 34.0 Å². The highest BCUT2D eigenvalue weighted by molar-refractivity contribution is 5.08. The van der Waals surface area contributed by atoms with Crippen molar-refractivity contribution in [1.29, 1.82) is 0 Å². The molecule has 2 aromatic rings. The average molecular weight is 256 g/mol. The fraction of sp³-hybridized carbons (Fsp3) is 0.467. The van der Waals surface area contributed by atoms with Gasteiger partial charge in [0, 0.05) is 44.4 Å². The van der Waals surface area contributed by atoms with Crippen LogP contribution in [0.4, 0.5) is 0 Å². The molecule has 4 heteroatoms. The summed E-state index contributed by atoms with van der Waals surface area (Å²) in [7, 11) is 0. The molecule has 1 saturated heterocycles. The maximum atomic E-state index is 4.19. The lowest BCUT2D eigenvalue weighted by Crippen LogP contribution is -2.36. The van der Waals surface area contributed by atoms with Gasteiger partial charge in [-0.05, 0) is 36.9 Å². The van der Waals surface area contributed by atoms with Gasteiger partial charge in [0.05, 0.1) is 6.33 Å². The normalized spacial score (nSPS) is 20.5. The van der Waals surface area contributed by atoms with Crippen LogP contribution in [0.15, 0.2) is 43.2 Å². The Bertz CT molecular complexity index is 480. The van der Waals surface area contributed by atoms with Crippen LogP contribution in [-0.2, 0) is 13.1 Å². The minimum atomic E-state index is 0.736. The zero-order valence-electron chi connectivity index (χ0n) is 11.2. The monoisotopic (exact) mass is 256 g/mol. The van der Waals surface area contributed by atoms with E-state index in [9.17, 15) is 0 Å². The molecule has 0 aromatic carbocycles. The Morgan fingerprint density at radius 1 is 1.26 bits per heavy atom. The third kappa shape index (κ3) is 3.41. The standard InChI is InChI=1S/C15H20N4/c1-3-14(9-16-5-1)10-18-7-2-4-15(11-18)12-19-8-6-17-13-19/h1,3,5-6,8-9,13,15H,2,4,7,10-12H2. The van der Waals surface area contributed by atoms with Crippen LogP contribution in [0.5, 0.6) is 0 Å². The first-order valence-electron chi connectivity index (χ1n) is 6.97. The number of hydrogen-bond donors (Lipinski definition) is 0. The van der Waals surface area contributed by atoms with Crippen molar-refractivity contribution in [3.63, 3.8) is 0 Å². The lowest BCUT2D eigenvalue weighted by atomic mass is 9.97. The molecular formula is C15H20N4. The Kier molecular flexibility index (Phi) is 3.89. The second kappa shape index (κ2) is 5.97. The molecule has 1 aliphatic heterocycles. The van der Waals surface area contributed by atoms with Crippen LogP contribution in [-0.4, -0.2) is 32.5 Å². The lowest BCUT2D eigenvalue weighted by molar-refractivity contribution is 0.156. The molecule has 1 unspecified atom stereocenters. The Morgan fingerprint density at radius 2 is 2.26 bits per heavy atom. The number of hydrogen-bond acceptors (Lipinski definition) is 3. The van der Waals surface area contributed by atoms with Crippen molar-refractivity contribution in [2.24, 2.45) is 5.92 Å². The van der Waals surface area contributed by atoms with E-state index >= 15 is 0 Å². The van der Waals surface area contributed by atoms with E-state index in [1.54, 1.807) is 0 Å². The number of aromatic nitrogens is 3. The highest BCUT2D eigenvalue weighted by Gasteiger charge is 2.20. The van der Waals surface area contributed by atoms with Crippen molar-refractivity contribution in [2.75, 3.05) is 13.1 Å². The number of pyridine rings is 1. The molecule has 3 rings (SSSR count). The molecule has 1 aliphatic rings. The van der Waals surface area contributed by atoms with E-state index in [0.29, 0.717) is 0 Å². The van der Waals surface area contributed by atoms with Gasteiger partial charge in [0.15, 0.2) is 0 Å². The molecule has 1 atom stereocenters. The molecule has 4 nitrogen and oxygen atoms in total. The first-order valence-corrected chi connectivity index (χ1v) is 6.97. The van der Waals surface area contributed by atoms with Crippen LogP contribution in [0.1, 0.15) is 18.4 Å². The van der Waals surface area contributed by atoms with Gasteiger partial charge in [0.1, 0.15) is 0 Å². The summed E-state index contributed by atoms with van der Waals surface area (Å²) >= 11 is 0. The Hall–Kier alpha value is -1.68. The van der Waals surface area contributed by atoms with Crippen molar-refractivity contribution in [3.8, 4) is 0 Å². The summed E-state index contributed by atoms with van der Waals surface area (Å²) in [5.41, 5.74) is 1.31. The number of piperidine rings is 1. The van der Waals surface area contributed by atoms with Gasteiger partial charge >= 0.3 is 0 Å². The molecule has 19 heavy (non-hydrogen) atoms. The number of imidazole rings is 1. The van der Waals surface area contributed by atoms with E-state index in [0.717, 1.165) is 19.0 Å². The molecule has 0 radical (unpaired) electrons. The Balaban J connectivity index is 1.56. The summed E-state index contributed by atoms with van der Waals surface area (Å²) in [6.45, 7) is 4.49. The molecule has 0 aliphatic carbocycles. The zero-order chi connectivity index (χ0) is 12.9. The van der Waals surface area contributed by atoms with Gasteiger partial charge in [-0.1, -0.05) is 6.07 Å². The summed E-state index contributed by atoms with van der Waals surface area (Å²) in [5, 5.41) is 0. The van der Waals surface area contributed by atoms with Crippen molar-refractivity contribution in [3.05, 3.63) is 48.8 Å². The summed E-state index contributed by atoms with van der Waals surface area (Å²) in [5.74, 6) is 0.736. The van der Waals surface area contributed by atoms with Gasteiger partial charge in [0.25, 0.3) is 0 Å². The molecule has 0 saturated carbocycles.